The summed E-state index contributed by atoms with van der Waals surface area (Å²) >= 11 is 1.62. The van der Waals surface area contributed by atoms with Crippen molar-refractivity contribution in [1.29, 1.82) is 0 Å². The summed E-state index contributed by atoms with van der Waals surface area (Å²) in [6, 6.07) is 5.01. The van der Waals surface area contributed by atoms with Crippen LogP contribution >= 0.6 is 11.8 Å². The van der Waals surface area contributed by atoms with Gasteiger partial charge in [0.05, 0.1) is 5.69 Å². The molecule has 0 aliphatic heterocycles. The fraction of sp³-hybridized carbons (Fsp3) is 0.231. The molecule has 2 aromatic rings. The van der Waals surface area contributed by atoms with Crippen molar-refractivity contribution < 1.29 is 4.79 Å². The Hall–Kier alpha value is -2.15. The highest BCUT2D eigenvalue weighted by molar-refractivity contribution is 7.98. The van der Waals surface area contributed by atoms with Gasteiger partial charge >= 0.3 is 0 Å². The van der Waals surface area contributed by atoms with Crippen molar-refractivity contribution in [2.75, 3.05) is 18.6 Å². The molecule has 0 bridgehead atoms. The Labute approximate surface area is 120 Å². The van der Waals surface area contributed by atoms with Crippen molar-refractivity contribution in [3.05, 3.63) is 46.5 Å². The molecule has 0 radical (unpaired) electrons. The third-order valence-corrected chi connectivity index (χ3v) is 3.23. The topological polar surface area (TPSA) is 87.7 Å². The van der Waals surface area contributed by atoms with Gasteiger partial charge in [0.15, 0.2) is 0 Å². The average Bonchev–Trinajstić information content (AvgIpc) is 2.49. The highest BCUT2D eigenvalue weighted by atomic mass is 32.2. The highest BCUT2D eigenvalue weighted by Gasteiger charge is 2.12. The van der Waals surface area contributed by atoms with Crippen LogP contribution in [0.25, 0.3) is 11.3 Å². The van der Waals surface area contributed by atoms with Crippen LogP contribution in [0.1, 0.15) is 10.4 Å². The molecule has 0 aliphatic carbocycles. The van der Waals surface area contributed by atoms with Gasteiger partial charge in [-0.05, 0) is 24.5 Å². The number of carbonyl (C=O) groups excluding carboxylic acids is 1. The molecular weight excluding hydrogens is 276 g/mol. The van der Waals surface area contributed by atoms with E-state index in [1.807, 2.05) is 6.26 Å². The Morgan fingerprint density at radius 1 is 1.40 bits per heavy atom. The number of hydrogen-bond donors (Lipinski definition) is 2. The quantitative estimate of drug-likeness (QED) is 0.800. The van der Waals surface area contributed by atoms with E-state index in [2.05, 4.69) is 20.5 Å². The fourth-order valence-electron chi connectivity index (χ4n) is 1.61. The maximum atomic E-state index is 11.9. The molecule has 6 nitrogen and oxygen atoms in total. The predicted molar refractivity (Wildman–Crippen MR) is 78.8 cm³/mol. The van der Waals surface area contributed by atoms with E-state index in [1.165, 1.54) is 6.07 Å². The summed E-state index contributed by atoms with van der Waals surface area (Å²) in [5, 5.41) is 8.98. The van der Waals surface area contributed by atoms with Gasteiger partial charge in [0.1, 0.15) is 5.56 Å². The van der Waals surface area contributed by atoms with Crippen molar-refractivity contribution in [3.63, 3.8) is 0 Å². The lowest BCUT2D eigenvalue weighted by Gasteiger charge is -2.05. The number of aromatic nitrogens is 3. The maximum absolute atomic E-state index is 11.9. The first-order valence-electron chi connectivity index (χ1n) is 5.99. The van der Waals surface area contributed by atoms with Crippen LogP contribution in [0.4, 0.5) is 0 Å². The Morgan fingerprint density at radius 2 is 2.15 bits per heavy atom. The molecule has 2 heterocycles. The summed E-state index contributed by atoms with van der Waals surface area (Å²) in [5.74, 6) is 0.407. The van der Waals surface area contributed by atoms with Gasteiger partial charge in [-0.3, -0.25) is 14.6 Å². The van der Waals surface area contributed by atoms with E-state index in [1.54, 1.807) is 36.3 Å². The predicted octanol–water partition coefficient (Wildman–Crippen LogP) is 0.925. The van der Waals surface area contributed by atoms with Crippen molar-refractivity contribution in [1.82, 2.24) is 20.5 Å². The number of aromatic amines is 1. The van der Waals surface area contributed by atoms with E-state index in [9.17, 15) is 9.59 Å². The lowest BCUT2D eigenvalue weighted by atomic mass is 10.1. The van der Waals surface area contributed by atoms with Crippen LogP contribution in [0.15, 0.2) is 35.4 Å². The molecule has 20 heavy (non-hydrogen) atoms. The van der Waals surface area contributed by atoms with Crippen LogP contribution in [-0.4, -0.2) is 39.6 Å². The molecule has 0 unspecified atom stereocenters. The third kappa shape index (κ3) is 3.45. The van der Waals surface area contributed by atoms with E-state index >= 15 is 0 Å². The minimum absolute atomic E-state index is 0.0629. The van der Waals surface area contributed by atoms with Gasteiger partial charge in [0, 0.05) is 30.3 Å². The number of carbonyl (C=O) groups is 1. The lowest BCUT2D eigenvalue weighted by molar-refractivity contribution is 0.0954. The summed E-state index contributed by atoms with van der Waals surface area (Å²) in [6.07, 6.45) is 5.20. The third-order valence-electron chi connectivity index (χ3n) is 2.62. The van der Waals surface area contributed by atoms with Crippen LogP contribution in [0.3, 0.4) is 0 Å². The molecule has 104 valence electrons. The van der Waals surface area contributed by atoms with Gasteiger partial charge in [0.2, 0.25) is 0 Å². The second kappa shape index (κ2) is 6.85. The molecule has 0 saturated heterocycles. The van der Waals surface area contributed by atoms with Crippen molar-refractivity contribution in [2.24, 2.45) is 0 Å². The van der Waals surface area contributed by atoms with Gasteiger partial charge < -0.3 is 5.32 Å². The van der Waals surface area contributed by atoms with E-state index in [-0.39, 0.29) is 5.56 Å². The largest absolute Gasteiger partial charge is 0.351 e. The number of pyridine rings is 1. The zero-order valence-corrected chi connectivity index (χ0v) is 11.7. The monoisotopic (exact) mass is 290 g/mol. The Kier molecular flexibility index (Phi) is 4.89. The molecule has 0 saturated carbocycles. The summed E-state index contributed by atoms with van der Waals surface area (Å²) in [7, 11) is 0. The first-order valence-corrected chi connectivity index (χ1v) is 7.39. The Balaban J connectivity index is 2.25. The number of hydrogen-bond acceptors (Lipinski definition) is 5. The summed E-state index contributed by atoms with van der Waals surface area (Å²) in [6.45, 7) is 0.520. The minimum atomic E-state index is -0.496. The van der Waals surface area contributed by atoms with Gasteiger partial charge in [-0.2, -0.15) is 16.9 Å². The lowest BCUT2D eigenvalue weighted by Crippen LogP contribution is -2.31. The van der Waals surface area contributed by atoms with Crippen LogP contribution in [0.2, 0.25) is 0 Å². The van der Waals surface area contributed by atoms with Crippen molar-refractivity contribution >= 4 is 17.7 Å². The first kappa shape index (κ1) is 14.3. The highest BCUT2D eigenvalue weighted by Crippen LogP contribution is 2.14. The summed E-state index contributed by atoms with van der Waals surface area (Å²) < 4.78 is 0. The SMILES string of the molecule is CSCCNC(=O)c1cc(-c2ccncc2)n[nH]c1=O. The van der Waals surface area contributed by atoms with Gasteiger partial charge in [-0.1, -0.05) is 0 Å². The molecule has 0 aromatic carbocycles. The van der Waals surface area contributed by atoms with E-state index in [0.717, 1.165) is 11.3 Å². The smallest absolute Gasteiger partial charge is 0.277 e. The van der Waals surface area contributed by atoms with Gasteiger partial charge in [-0.15, -0.1) is 0 Å². The van der Waals surface area contributed by atoms with Crippen LogP contribution < -0.4 is 10.9 Å². The Morgan fingerprint density at radius 3 is 2.85 bits per heavy atom. The number of H-pyrrole nitrogens is 1. The van der Waals surface area contributed by atoms with Crippen molar-refractivity contribution in [2.45, 2.75) is 0 Å². The van der Waals surface area contributed by atoms with E-state index < -0.39 is 11.5 Å². The fourth-order valence-corrected chi connectivity index (χ4v) is 1.91. The normalized spacial score (nSPS) is 10.2. The second-order valence-electron chi connectivity index (χ2n) is 3.98. The minimum Gasteiger partial charge on any atom is -0.351 e. The number of amides is 1. The second-order valence-corrected chi connectivity index (χ2v) is 4.97. The first-order chi connectivity index (χ1) is 9.72. The molecule has 0 fully saturated rings. The van der Waals surface area contributed by atoms with Gasteiger partial charge in [-0.25, -0.2) is 5.10 Å². The van der Waals surface area contributed by atoms with Crippen LogP contribution in [-0.2, 0) is 0 Å². The molecule has 0 aliphatic rings. The molecule has 0 spiro atoms. The maximum Gasteiger partial charge on any atom is 0.277 e. The molecule has 0 atom stereocenters. The van der Waals surface area contributed by atoms with Crippen LogP contribution in [0.5, 0.6) is 0 Å². The summed E-state index contributed by atoms with van der Waals surface area (Å²) in [4.78, 5) is 27.5. The number of nitrogens with one attached hydrogen (secondary N) is 2. The number of nitrogens with zero attached hydrogens (tertiary/aromatic N) is 2. The van der Waals surface area contributed by atoms with E-state index in [0.29, 0.717) is 12.2 Å². The molecule has 2 N–H and O–H groups in total. The average molecular weight is 290 g/mol. The Bertz CT molecular complexity index is 642. The summed E-state index contributed by atoms with van der Waals surface area (Å²) in [5.41, 5.74) is 0.883. The molecule has 2 rings (SSSR count). The zero-order valence-electron chi connectivity index (χ0n) is 10.9. The molecular formula is C13H14N4O2S. The number of thioether (sulfide) groups is 1. The van der Waals surface area contributed by atoms with E-state index in [4.69, 9.17) is 0 Å². The van der Waals surface area contributed by atoms with Crippen molar-refractivity contribution in [3.8, 4) is 11.3 Å². The zero-order chi connectivity index (χ0) is 14.4. The molecule has 7 heteroatoms. The van der Waals surface area contributed by atoms with Crippen LogP contribution in [0, 0.1) is 0 Å². The van der Waals surface area contributed by atoms with Gasteiger partial charge in [0.25, 0.3) is 11.5 Å². The number of rotatable bonds is 5. The standard InChI is InChI=1S/C13H14N4O2S/c1-20-7-6-15-12(18)10-8-11(16-17-13(10)19)9-2-4-14-5-3-9/h2-5,8H,6-7H2,1H3,(H,15,18)(H,17,19). The molecule has 1 amide bonds. The molecule has 2 aromatic heterocycles.